The van der Waals surface area contributed by atoms with Crippen molar-refractivity contribution in [2.24, 2.45) is 0 Å². The maximum atomic E-state index is 14.0. The first kappa shape index (κ1) is 20.6. The number of carbonyl (C=O) groups excluding carboxylic acids is 1. The van der Waals surface area contributed by atoms with Crippen LogP contribution in [0.5, 0.6) is 0 Å². The van der Waals surface area contributed by atoms with Crippen LogP contribution >= 0.6 is 11.3 Å². The molecule has 0 saturated carbocycles. The molecular formula is C21H18F2N2O3S2. The van der Waals surface area contributed by atoms with Gasteiger partial charge in [-0.15, -0.1) is 11.3 Å². The number of hydrogen-bond acceptors (Lipinski definition) is 4. The summed E-state index contributed by atoms with van der Waals surface area (Å²) in [5.41, 5.74) is 1.77. The Bertz CT molecular complexity index is 1170. The number of piperazine rings is 1. The zero-order chi connectivity index (χ0) is 21.3. The van der Waals surface area contributed by atoms with E-state index in [0.717, 1.165) is 27.6 Å². The number of hydrogen-bond donors (Lipinski definition) is 0. The van der Waals surface area contributed by atoms with E-state index in [-0.39, 0.29) is 32.1 Å². The highest BCUT2D eigenvalue weighted by molar-refractivity contribution is 7.89. The molecule has 0 bridgehead atoms. The summed E-state index contributed by atoms with van der Waals surface area (Å²) in [7, 11) is -4.19. The molecule has 9 heteroatoms. The van der Waals surface area contributed by atoms with Crippen LogP contribution in [0.3, 0.4) is 0 Å². The van der Waals surface area contributed by atoms with E-state index in [1.165, 1.54) is 11.3 Å². The predicted molar refractivity (Wildman–Crippen MR) is 111 cm³/mol. The van der Waals surface area contributed by atoms with Crippen LogP contribution in [0.15, 0.2) is 64.9 Å². The smallest absolute Gasteiger partial charge is 0.264 e. The second kappa shape index (κ2) is 8.25. The fraction of sp³-hybridized carbons (Fsp3) is 0.190. The molecule has 0 radical (unpaired) electrons. The number of sulfonamides is 1. The molecule has 4 rings (SSSR count). The van der Waals surface area contributed by atoms with E-state index in [1.807, 2.05) is 41.8 Å². The fourth-order valence-electron chi connectivity index (χ4n) is 3.41. The van der Waals surface area contributed by atoms with Gasteiger partial charge >= 0.3 is 0 Å². The molecular weight excluding hydrogens is 430 g/mol. The minimum absolute atomic E-state index is 0.00999. The molecule has 0 unspecified atom stereocenters. The van der Waals surface area contributed by atoms with E-state index < -0.39 is 26.6 Å². The Morgan fingerprint density at radius 3 is 2.33 bits per heavy atom. The predicted octanol–water partition coefficient (Wildman–Crippen LogP) is 3.84. The van der Waals surface area contributed by atoms with Gasteiger partial charge in [-0.3, -0.25) is 4.79 Å². The fourth-order valence-corrected chi connectivity index (χ4v) is 5.79. The van der Waals surface area contributed by atoms with Gasteiger partial charge in [0.1, 0.15) is 16.5 Å². The Kier molecular flexibility index (Phi) is 5.68. The molecule has 1 fully saturated rings. The molecule has 30 heavy (non-hydrogen) atoms. The Morgan fingerprint density at radius 2 is 1.63 bits per heavy atom. The van der Waals surface area contributed by atoms with Gasteiger partial charge in [-0.1, -0.05) is 30.3 Å². The lowest BCUT2D eigenvalue weighted by Gasteiger charge is -2.34. The van der Waals surface area contributed by atoms with E-state index in [4.69, 9.17) is 0 Å². The number of carbonyl (C=O) groups is 1. The number of rotatable bonds is 4. The molecule has 1 amide bonds. The van der Waals surface area contributed by atoms with Crippen LogP contribution in [0.25, 0.3) is 11.1 Å². The van der Waals surface area contributed by atoms with Crippen molar-refractivity contribution in [2.75, 3.05) is 26.2 Å². The first-order chi connectivity index (χ1) is 14.4. The van der Waals surface area contributed by atoms with Crippen LogP contribution in [0.2, 0.25) is 0 Å². The Balaban J connectivity index is 1.50. The molecule has 0 N–H and O–H groups in total. The van der Waals surface area contributed by atoms with Crippen molar-refractivity contribution < 1.29 is 22.0 Å². The summed E-state index contributed by atoms with van der Waals surface area (Å²) in [6, 6.07) is 13.8. The lowest BCUT2D eigenvalue weighted by Crippen LogP contribution is -2.50. The molecule has 0 spiro atoms. The van der Waals surface area contributed by atoms with Crippen LogP contribution in [-0.4, -0.2) is 49.7 Å². The van der Waals surface area contributed by atoms with E-state index in [9.17, 15) is 22.0 Å². The van der Waals surface area contributed by atoms with Crippen molar-refractivity contribution in [3.8, 4) is 11.1 Å². The van der Waals surface area contributed by atoms with Gasteiger partial charge in [0, 0.05) is 31.7 Å². The maximum Gasteiger partial charge on any atom is 0.264 e. The van der Waals surface area contributed by atoms with Gasteiger partial charge < -0.3 is 4.90 Å². The highest BCUT2D eigenvalue weighted by atomic mass is 32.2. The van der Waals surface area contributed by atoms with E-state index in [0.29, 0.717) is 10.9 Å². The second-order valence-corrected chi connectivity index (χ2v) is 9.62. The van der Waals surface area contributed by atoms with Crippen molar-refractivity contribution >= 4 is 27.3 Å². The maximum absolute atomic E-state index is 14.0. The standard InChI is InChI=1S/C21H18F2N2O3S2/c22-16-6-7-18(23)19(14-16)30(27,28)25-11-9-24(10-12-25)21(26)20-17(8-13-29-20)15-4-2-1-3-5-15/h1-8,13-14H,9-12H2. The first-order valence-electron chi connectivity index (χ1n) is 9.25. The van der Waals surface area contributed by atoms with Crippen molar-refractivity contribution in [1.82, 2.24) is 9.21 Å². The van der Waals surface area contributed by atoms with Crippen LogP contribution in [0.4, 0.5) is 8.78 Å². The third-order valence-corrected chi connectivity index (χ3v) is 7.80. The van der Waals surface area contributed by atoms with Crippen molar-refractivity contribution in [3.05, 3.63) is 76.5 Å². The first-order valence-corrected chi connectivity index (χ1v) is 11.6. The highest BCUT2D eigenvalue weighted by Gasteiger charge is 2.33. The topological polar surface area (TPSA) is 57.7 Å². The summed E-state index contributed by atoms with van der Waals surface area (Å²) in [6.07, 6.45) is 0. The molecule has 2 aromatic carbocycles. The van der Waals surface area contributed by atoms with Gasteiger partial charge in [0.2, 0.25) is 10.0 Å². The molecule has 3 aromatic rings. The Labute approximate surface area is 177 Å². The molecule has 0 aliphatic carbocycles. The summed E-state index contributed by atoms with van der Waals surface area (Å²) < 4.78 is 54.0. The molecule has 1 saturated heterocycles. The second-order valence-electron chi connectivity index (χ2n) is 6.80. The van der Waals surface area contributed by atoms with Gasteiger partial charge in [0.05, 0.1) is 4.88 Å². The summed E-state index contributed by atoms with van der Waals surface area (Å²) in [4.78, 5) is 14.5. The normalized spacial score (nSPS) is 15.3. The van der Waals surface area contributed by atoms with Crippen LogP contribution in [0, 0.1) is 11.6 Å². The summed E-state index contributed by atoms with van der Waals surface area (Å²) in [5, 5.41) is 1.85. The summed E-state index contributed by atoms with van der Waals surface area (Å²) >= 11 is 1.34. The van der Waals surface area contributed by atoms with Crippen molar-refractivity contribution in [2.45, 2.75) is 4.90 Å². The number of benzene rings is 2. The molecule has 156 valence electrons. The zero-order valence-electron chi connectivity index (χ0n) is 15.8. The molecule has 0 atom stereocenters. The summed E-state index contributed by atoms with van der Waals surface area (Å²) in [6.45, 7) is 0.356. The highest BCUT2D eigenvalue weighted by Crippen LogP contribution is 2.30. The third-order valence-electron chi connectivity index (χ3n) is 4.98. The zero-order valence-corrected chi connectivity index (χ0v) is 17.4. The molecule has 2 heterocycles. The van der Waals surface area contributed by atoms with Gasteiger partial charge in [-0.2, -0.15) is 4.31 Å². The molecule has 5 nitrogen and oxygen atoms in total. The van der Waals surface area contributed by atoms with Crippen LogP contribution in [-0.2, 0) is 10.0 Å². The quantitative estimate of drug-likeness (QED) is 0.609. The Morgan fingerprint density at radius 1 is 0.933 bits per heavy atom. The lowest BCUT2D eigenvalue weighted by atomic mass is 10.1. The van der Waals surface area contributed by atoms with Gasteiger partial charge in [-0.05, 0) is 35.2 Å². The van der Waals surface area contributed by atoms with Gasteiger partial charge in [0.15, 0.2) is 0 Å². The van der Waals surface area contributed by atoms with E-state index in [1.54, 1.807) is 4.90 Å². The lowest BCUT2D eigenvalue weighted by molar-refractivity contribution is 0.0703. The monoisotopic (exact) mass is 448 g/mol. The van der Waals surface area contributed by atoms with Gasteiger partial charge in [0.25, 0.3) is 5.91 Å². The minimum Gasteiger partial charge on any atom is -0.335 e. The van der Waals surface area contributed by atoms with Crippen molar-refractivity contribution in [3.63, 3.8) is 0 Å². The van der Waals surface area contributed by atoms with Crippen LogP contribution < -0.4 is 0 Å². The van der Waals surface area contributed by atoms with Crippen LogP contribution in [0.1, 0.15) is 9.67 Å². The average molecular weight is 449 g/mol. The van der Waals surface area contributed by atoms with Crippen molar-refractivity contribution in [1.29, 1.82) is 0 Å². The molecule has 1 aromatic heterocycles. The van der Waals surface area contributed by atoms with E-state index >= 15 is 0 Å². The number of halogens is 2. The minimum atomic E-state index is -4.19. The molecule has 1 aliphatic rings. The Hall–Kier alpha value is -2.62. The SMILES string of the molecule is O=C(c1sccc1-c1ccccc1)N1CCN(S(=O)(=O)c2cc(F)ccc2F)CC1. The number of thiophene rings is 1. The average Bonchev–Trinajstić information content (AvgIpc) is 3.25. The molecule has 1 aliphatic heterocycles. The number of nitrogens with zero attached hydrogens (tertiary/aromatic N) is 2. The number of amides is 1. The van der Waals surface area contributed by atoms with E-state index in [2.05, 4.69) is 0 Å². The largest absolute Gasteiger partial charge is 0.335 e. The third kappa shape index (κ3) is 3.88. The summed E-state index contributed by atoms with van der Waals surface area (Å²) in [5.74, 6) is -1.99. The van der Waals surface area contributed by atoms with Gasteiger partial charge in [-0.25, -0.2) is 17.2 Å².